The lowest BCUT2D eigenvalue weighted by atomic mass is 9.99. The van der Waals surface area contributed by atoms with Crippen molar-refractivity contribution in [3.63, 3.8) is 0 Å². The maximum absolute atomic E-state index is 11.1. The number of nitrogens with zero attached hydrogens (tertiary/aromatic N) is 2. The Bertz CT molecular complexity index is 1680. The van der Waals surface area contributed by atoms with Crippen molar-refractivity contribution in [1.29, 1.82) is 0 Å². The minimum absolute atomic E-state index is 0.246. The van der Waals surface area contributed by atoms with E-state index in [1.54, 1.807) is 36.4 Å². The van der Waals surface area contributed by atoms with Crippen molar-refractivity contribution in [3.05, 3.63) is 130 Å². The predicted molar refractivity (Wildman–Crippen MR) is 162 cm³/mol. The molecule has 5 nitrogen and oxygen atoms in total. The molecule has 5 aromatic rings. The van der Waals surface area contributed by atoms with Crippen molar-refractivity contribution in [1.82, 2.24) is 9.55 Å². The van der Waals surface area contributed by atoms with Crippen LogP contribution >= 0.6 is 23.2 Å². The fourth-order valence-electron chi connectivity index (χ4n) is 4.37. The third kappa shape index (κ3) is 6.28. The van der Waals surface area contributed by atoms with E-state index in [1.165, 1.54) is 0 Å². The molecule has 0 fully saturated rings. The van der Waals surface area contributed by atoms with Gasteiger partial charge in [0.1, 0.15) is 18.2 Å². The number of aryl methyl sites for hydroxylation is 1. The zero-order valence-electron chi connectivity index (χ0n) is 21.7. The first-order valence-corrected chi connectivity index (χ1v) is 13.5. The summed E-state index contributed by atoms with van der Waals surface area (Å²) in [7, 11) is 0. The molecule has 0 unspecified atom stereocenters. The van der Waals surface area contributed by atoms with Gasteiger partial charge in [-0.05, 0) is 77.7 Å². The van der Waals surface area contributed by atoms with Crippen molar-refractivity contribution in [3.8, 4) is 28.1 Å². The van der Waals surface area contributed by atoms with E-state index in [0.717, 1.165) is 45.9 Å². The predicted octanol–water partition coefficient (Wildman–Crippen LogP) is 8.99. The van der Waals surface area contributed by atoms with Crippen LogP contribution < -0.4 is 4.74 Å². The zero-order valence-corrected chi connectivity index (χ0v) is 23.2. The van der Waals surface area contributed by atoms with Crippen molar-refractivity contribution in [2.75, 3.05) is 0 Å². The van der Waals surface area contributed by atoms with E-state index in [9.17, 15) is 4.79 Å². The summed E-state index contributed by atoms with van der Waals surface area (Å²) in [6.45, 7) is 3.13. The summed E-state index contributed by atoms with van der Waals surface area (Å²) < 4.78 is 8.15. The fourth-order valence-corrected chi connectivity index (χ4v) is 4.87. The number of ether oxygens (including phenoxy) is 1. The van der Waals surface area contributed by atoms with Gasteiger partial charge in [-0.3, -0.25) is 0 Å². The zero-order chi connectivity index (χ0) is 28.1. The standard InChI is InChI=1S/C33H26Cl2N2O3/c1-2-37-20-31(29-15-13-26(34)19-30(29)35)36-32(37)17-12-25-18-27(14-16-28(25)23-6-4-3-5-7-23)40-21-22-8-10-24(11-9-22)33(38)39/h3-20H,2,21H2,1H3,(H,38,39)/b17-12+. The van der Waals surface area contributed by atoms with Crippen LogP contribution in [0.3, 0.4) is 0 Å². The molecular formula is C33H26Cl2N2O3. The number of rotatable bonds is 9. The molecule has 7 heteroatoms. The van der Waals surface area contributed by atoms with E-state index < -0.39 is 5.97 Å². The number of benzene rings is 4. The maximum atomic E-state index is 11.1. The number of carbonyl (C=O) groups is 1. The number of hydrogen-bond acceptors (Lipinski definition) is 3. The van der Waals surface area contributed by atoms with Crippen LogP contribution in [-0.4, -0.2) is 20.6 Å². The van der Waals surface area contributed by atoms with Gasteiger partial charge >= 0.3 is 5.97 Å². The number of imidazole rings is 1. The van der Waals surface area contributed by atoms with Gasteiger partial charge < -0.3 is 14.4 Å². The van der Waals surface area contributed by atoms with Crippen LogP contribution in [0.15, 0.2) is 97.2 Å². The highest BCUT2D eigenvalue weighted by atomic mass is 35.5. The van der Waals surface area contributed by atoms with Crippen molar-refractivity contribution in [2.45, 2.75) is 20.1 Å². The minimum atomic E-state index is -0.951. The Kier molecular flexibility index (Phi) is 8.34. The summed E-state index contributed by atoms with van der Waals surface area (Å²) in [4.78, 5) is 16.0. The summed E-state index contributed by atoms with van der Waals surface area (Å²) >= 11 is 12.5. The molecule has 1 N–H and O–H groups in total. The van der Waals surface area contributed by atoms with E-state index in [4.69, 9.17) is 38.0 Å². The van der Waals surface area contributed by atoms with Crippen molar-refractivity contribution in [2.24, 2.45) is 0 Å². The Hall–Kier alpha value is -4.32. The summed E-state index contributed by atoms with van der Waals surface area (Å²) in [5.41, 5.74) is 5.85. The molecule has 0 atom stereocenters. The molecule has 0 saturated carbocycles. The van der Waals surface area contributed by atoms with Gasteiger partial charge in [-0.25, -0.2) is 9.78 Å². The van der Waals surface area contributed by atoms with Crippen LogP contribution in [0.2, 0.25) is 10.0 Å². The Morgan fingerprint density at radius 3 is 2.38 bits per heavy atom. The minimum Gasteiger partial charge on any atom is -0.489 e. The lowest BCUT2D eigenvalue weighted by Crippen LogP contribution is -1.99. The maximum Gasteiger partial charge on any atom is 0.335 e. The Morgan fingerprint density at radius 2 is 1.68 bits per heavy atom. The number of carboxylic acids is 1. The number of carboxylic acid groups (broad SMARTS) is 1. The highest BCUT2D eigenvalue weighted by Gasteiger charge is 2.12. The molecule has 0 aliphatic heterocycles. The summed E-state index contributed by atoms with van der Waals surface area (Å²) in [6, 6.07) is 28.2. The second kappa shape index (κ2) is 12.2. The van der Waals surface area contributed by atoms with Gasteiger partial charge in [-0.15, -0.1) is 0 Å². The first kappa shape index (κ1) is 27.3. The van der Waals surface area contributed by atoms with E-state index >= 15 is 0 Å². The lowest BCUT2D eigenvalue weighted by Gasteiger charge is -2.12. The second-order valence-corrected chi connectivity index (χ2v) is 9.98. The first-order chi connectivity index (χ1) is 19.4. The highest BCUT2D eigenvalue weighted by Crippen LogP contribution is 2.32. The topological polar surface area (TPSA) is 64.4 Å². The van der Waals surface area contributed by atoms with Crippen LogP contribution in [-0.2, 0) is 13.2 Å². The Labute approximate surface area is 242 Å². The average molecular weight is 569 g/mol. The molecule has 1 aromatic heterocycles. The molecule has 1 heterocycles. The molecule has 40 heavy (non-hydrogen) atoms. The molecular weight excluding hydrogens is 543 g/mol. The molecule has 4 aromatic carbocycles. The van der Waals surface area contributed by atoms with E-state index in [2.05, 4.69) is 23.6 Å². The number of halogens is 2. The van der Waals surface area contributed by atoms with Crippen LogP contribution in [0.5, 0.6) is 5.75 Å². The molecule has 0 saturated heterocycles. The van der Waals surface area contributed by atoms with Gasteiger partial charge in [0.2, 0.25) is 0 Å². The number of hydrogen-bond donors (Lipinski definition) is 1. The second-order valence-electron chi connectivity index (χ2n) is 9.13. The molecule has 0 aliphatic rings. The SMILES string of the molecule is CCn1cc(-c2ccc(Cl)cc2Cl)nc1/C=C/c1cc(OCc2ccc(C(=O)O)cc2)ccc1-c1ccccc1. The van der Waals surface area contributed by atoms with Crippen LogP contribution in [0.4, 0.5) is 0 Å². The largest absolute Gasteiger partial charge is 0.489 e. The molecule has 200 valence electrons. The normalized spacial score (nSPS) is 11.2. The number of aromatic carboxylic acids is 1. The van der Waals surface area contributed by atoms with Crippen LogP contribution in [0.25, 0.3) is 34.5 Å². The molecule has 0 aliphatic carbocycles. The van der Waals surface area contributed by atoms with Gasteiger partial charge in [0.05, 0.1) is 16.3 Å². The molecule has 0 amide bonds. The summed E-state index contributed by atoms with van der Waals surface area (Å²) in [6.07, 6.45) is 6.02. The third-order valence-electron chi connectivity index (χ3n) is 6.48. The van der Waals surface area contributed by atoms with Gasteiger partial charge in [0.15, 0.2) is 0 Å². The van der Waals surface area contributed by atoms with Crippen molar-refractivity contribution < 1.29 is 14.6 Å². The quantitative estimate of drug-likeness (QED) is 0.192. The summed E-state index contributed by atoms with van der Waals surface area (Å²) in [5, 5.41) is 10.3. The van der Waals surface area contributed by atoms with Crippen LogP contribution in [0.1, 0.15) is 34.2 Å². The number of aromatic nitrogens is 2. The molecule has 0 spiro atoms. The fraction of sp³-hybridized carbons (Fsp3) is 0.0909. The van der Waals surface area contributed by atoms with Gasteiger partial charge in [0.25, 0.3) is 0 Å². The summed E-state index contributed by atoms with van der Waals surface area (Å²) in [5.74, 6) is 0.550. The van der Waals surface area contributed by atoms with E-state index in [-0.39, 0.29) is 5.56 Å². The van der Waals surface area contributed by atoms with E-state index in [1.807, 2.05) is 60.8 Å². The molecule has 0 radical (unpaired) electrons. The molecule has 0 bridgehead atoms. The Balaban J connectivity index is 1.45. The Morgan fingerprint density at radius 1 is 0.925 bits per heavy atom. The molecule has 5 rings (SSSR count). The van der Waals surface area contributed by atoms with Gasteiger partial charge in [0, 0.05) is 23.3 Å². The lowest BCUT2D eigenvalue weighted by molar-refractivity contribution is 0.0697. The van der Waals surface area contributed by atoms with Gasteiger partial charge in [-0.2, -0.15) is 0 Å². The highest BCUT2D eigenvalue weighted by molar-refractivity contribution is 6.36. The van der Waals surface area contributed by atoms with Gasteiger partial charge in [-0.1, -0.05) is 77.8 Å². The van der Waals surface area contributed by atoms with E-state index in [0.29, 0.717) is 22.4 Å². The van der Waals surface area contributed by atoms with Crippen LogP contribution in [0, 0.1) is 0 Å². The monoisotopic (exact) mass is 568 g/mol. The average Bonchev–Trinajstić information content (AvgIpc) is 3.38. The van der Waals surface area contributed by atoms with Crippen molar-refractivity contribution >= 4 is 41.3 Å². The smallest absolute Gasteiger partial charge is 0.335 e. The third-order valence-corrected chi connectivity index (χ3v) is 7.03. The first-order valence-electron chi connectivity index (χ1n) is 12.8.